The van der Waals surface area contributed by atoms with Crippen molar-refractivity contribution in [2.45, 2.75) is 53.5 Å². The molecule has 0 saturated heterocycles. The molecule has 2 aliphatic rings. The van der Waals surface area contributed by atoms with Crippen molar-refractivity contribution in [3.05, 3.63) is 42.9 Å². The van der Waals surface area contributed by atoms with Crippen molar-refractivity contribution in [1.82, 2.24) is 0 Å². The van der Waals surface area contributed by atoms with Crippen LogP contribution in [0.3, 0.4) is 0 Å². The smallest absolute Gasteiger partial charge is 0.346 e. The second-order valence-corrected chi connectivity index (χ2v) is 11.9. The van der Waals surface area contributed by atoms with Crippen molar-refractivity contribution in [2.24, 2.45) is 5.92 Å². The first-order valence-electron chi connectivity index (χ1n) is 10.8. The van der Waals surface area contributed by atoms with Gasteiger partial charge < -0.3 is 14.4 Å². The summed E-state index contributed by atoms with van der Waals surface area (Å²) in [6.07, 6.45) is 0.397. The number of benzene rings is 1. The summed E-state index contributed by atoms with van der Waals surface area (Å²) in [5.74, 6) is -1.01. The van der Waals surface area contributed by atoms with Crippen LogP contribution in [0, 0.1) is 19.8 Å². The van der Waals surface area contributed by atoms with Gasteiger partial charge in [-0.15, -0.1) is 0 Å². The van der Waals surface area contributed by atoms with Crippen LogP contribution in [0.5, 0.6) is 0 Å². The molecule has 34 heavy (non-hydrogen) atoms. The molecule has 6 nitrogen and oxygen atoms in total. The van der Waals surface area contributed by atoms with E-state index in [2.05, 4.69) is 0 Å². The molecule has 0 unspecified atom stereocenters. The van der Waals surface area contributed by atoms with E-state index in [0.717, 1.165) is 51.5 Å². The number of carbonyl (C=O) groups is 3. The average Bonchev–Trinajstić information content (AvgIpc) is 3.19. The third-order valence-electron chi connectivity index (χ3n) is 5.84. The van der Waals surface area contributed by atoms with Gasteiger partial charge in [0.2, 0.25) is 5.91 Å². The minimum absolute atomic E-state index is 0.00579. The monoisotopic (exact) mass is 519 g/mol. The Hall–Kier alpha value is -2.10. The van der Waals surface area contributed by atoms with Gasteiger partial charge in [-0.3, -0.25) is 4.79 Å². The summed E-state index contributed by atoms with van der Waals surface area (Å²) in [7, 11) is 2.54. The molecule has 1 amide bonds. The van der Waals surface area contributed by atoms with Gasteiger partial charge in [0.25, 0.3) is 0 Å². The largest absolute Gasteiger partial charge is 0.465 e. The highest BCUT2D eigenvalue weighted by molar-refractivity contribution is 8.29. The third kappa shape index (κ3) is 4.57. The first-order valence-corrected chi connectivity index (χ1v) is 12.9. The first-order chi connectivity index (χ1) is 15.8. The second-order valence-electron chi connectivity index (χ2n) is 9.18. The summed E-state index contributed by atoms with van der Waals surface area (Å²) in [5, 5.41) is 0. The van der Waals surface area contributed by atoms with Crippen LogP contribution in [0.4, 0.5) is 5.69 Å². The molecule has 1 aromatic rings. The van der Waals surface area contributed by atoms with Crippen molar-refractivity contribution < 1.29 is 23.9 Å². The van der Waals surface area contributed by atoms with Gasteiger partial charge in [0.1, 0.15) is 9.81 Å². The Morgan fingerprint density at radius 2 is 1.50 bits per heavy atom. The number of anilines is 1. The number of amides is 1. The molecule has 9 heteroatoms. The number of fused-ring (bicyclic) bond motifs is 1. The molecule has 0 aromatic heterocycles. The van der Waals surface area contributed by atoms with E-state index in [9.17, 15) is 14.4 Å². The number of aryl methyl sites for hydroxylation is 2. The Morgan fingerprint density at radius 1 is 1.00 bits per heavy atom. The van der Waals surface area contributed by atoms with E-state index in [-0.39, 0.29) is 21.6 Å². The van der Waals surface area contributed by atoms with Crippen LogP contribution in [0.1, 0.15) is 50.8 Å². The average molecular weight is 520 g/mol. The van der Waals surface area contributed by atoms with Crippen LogP contribution in [-0.4, -0.2) is 42.5 Å². The quantitative estimate of drug-likeness (QED) is 0.291. The fourth-order valence-electron chi connectivity index (χ4n) is 3.96. The standard InChI is InChI=1S/C25H29NO5S3/c1-12(2)9-17(27)26-16-11-14(4)13(3)10-15(16)18(21(32)25(26,5)6)24-33-19(22(28)30-7)20(34-24)23(29)31-8/h10-12H,9H2,1-8H3. The lowest BCUT2D eigenvalue weighted by Gasteiger charge is -2.46. The van der Waals surface area contributed by atoms with Gasteiger partial charge in [-0.2, -0.15) is 0 Å². The second kappa shape index (κ2) is 9.87. The van der Waals surface area contributed by atoms with Crippen LogP contribution in [0.25, 0.3) is 5.57 Å². The summed E-state index contributed by atoms with van der Waals surface area (Å²) in [5.41, 5.74) is 3.67. The Labute approximate surface area is 214 Å². The van der Waals surface area contributed by atoms with Gasteiger partial charge in [-0.05, 0) is 56.9 Å². The minimum atomic E-state index is -0.793. The zero-order chi connectivity index (χ0) is 25.5. The number of carbonyl (C=O) groups excluding carboxylic acids is 3. The summed E-state index contributed by atoms with van der Waals surface area (Å²) in [6, 6.07) is 4.05. The number of hydrogen-bond donors (Lipinski definition) is 0. The van der Waals surface area contributed by atoms with Gasteiger partial charge in [0.05, 0.1) is 34.5 Å². The fraction of sp³-hybridized carbons (Fsp3) is 0.440. The molecule has 0 saturated carbocycles. The van der Waals surface area contributed by atoms with E-state index in [0.29, 0.717) is 15.5 Å². The summed E-state index contributed by atoms with van der Waals surface area (Å²) in [4.78, 5) is 41.0. The molecule has 0 radical (unpaired) electrons. The molecule has 2 aliphatic heterocycles. The Balaban J connectivity index is 2.27. The van der Waals surface area contributed by atoms with Gasteiger partial charge in [0.15, 0.2) is 0 Å². The number of nitrogens with zero attached hydrogens (tertiary/aromatic N) is 1. The summed E-state index contributed by atoms with van der Waals surface area (Å²) < 4.78 is 10.5. The van der Waals surface area contributed by atoms with Crippen LogP contribution >= 0.6 is 35.7 Å². The molecular weight excluding hydrogens is 490 g/mol. The predicted molar refractivity (Wildman–Crippen MR) is 143 cm³/mol. The van der Waals surface area contributed by atoms with E-state index in [1.807, 2.05) is 53.7 Å². The van der Waals surface area contributed by atoms with Crippen LogP contribution < -0.4 is 4.90 Å². The summed E-state index contributed by atoms with van der Waals surface area (Å²) in [6.45, 7) is 11.9. The van der Waals surface area contributed by atoms with E-state index >= 15 is 0 Å². The molecule has 2 heterocycles. The normalized spacial score (nSPS) is 17.3. The number of rotatable bonds is 4. The van der Waals surface area contributed by atoms with Gasteiger partial charge in [0, 0.05) is 17.6 Å². The van der Waals surface area contributed by atoms with Crippen LogP contribution in [0.15, 0.2) is 26.2 Å². The molecule has 0 N–H and O–H groups in total. The number of ether oxygens (including phenoxy) is 2. The topological polar surface area (TPSA) is 72.9 Å². The van der Waals surface area contributed by atoms with Gasteiger partial charge in [-0.25, -0.2) is 9.59 Å². The lowest BCUT2D eigenvalue weighted by Crippen LogP contribution is -2.56. The maximum atomic E-state index is 13.4. The molecule has 0 atom stereocenters. The minimum Gasteiger partial charge on any atom is -0.465 e. The van der Waals surface area contributed by atoms with Crippen molar-refractivity contribution in [2.75, 3.05) is 19.1 Å². The van der Waals surface area contributed by atoms with Gasteiger partial charge >= 0.3 is 11.9 Å². The molecule has 0 bridgehead atoms. The van der Waals surface area contributed by atoms with Crippen LogP contribution in [-0.2, 0) is 23.9 Å². The third-order valence-corrected chi connectivity index (χ3v) is 9.10. The highest BCUT2D eigenvalue weighted by atomic mass is 32.2. The zero-order valence-electron chi connectivity index (χ0n) is 20.7. The highest BCUT2D eigenvalue weighted by Crippen LogP contribution is 2.56. The van der Waals surface area contributed by atoms with E-state index in [1.54, 1.807) is 4.90 Å². The Morgan fingerprint density at radius 3 is 1.97 bits per heavy atom. The van der Waals surface area contributed by atoms with Gasteiger partial charge in [-0.1, -0.05) is 49.6 Å². The number of esters is 2. The lowest BCUT2D eigenvalue weighted by molar-refractivity contribution is -0.138. The Kier molecular flexibility index (Phi) is 7.70. The summed E-state index contributed by atoms with van der Waals surface area (Å²) >= 11 is 8.31. The van der Waals surface area contributed by atoms with Crippen molar-refractivity contribution in [3.8, 4) is 0 Å². The Bertz CT molecular complexity index is 1130. The molecule has 0 spiro atoms. The molecule has 1 aromatic carbocycles. The molecule has 3 rings (SSSR count). The van der Waals surface area contributed by atoms with Crippen LogP contribution in [0.2, 0.25) is 0 Å². The number of thioether (sulfide) groups is 2. The molecular formula is C25H29NO5S3. The highest BCUT2D eigenvalue weighted by Gasteiger charge is 2.46. The fourth-order valence-corrected chi connectivity index (χ4v) is 6.99. The first kappa shape index (κ1) is 26.5. The van der Waals surface area contributed by atoms with Crippen molar-refractivity contribution in [3.63, 3.8) is 0 Å². The number of thiocarbonyl (C=S) groups is 1. The molecule has 182 valence electrons. The maximum Gasteiger partial charge on any atom is 0.346 e. The SMILES string of the molecule is COC(=O)C1=C(C(=O)OC)SC(=C2C(=S)C(C)(C)N(C(=O)CC(C)C)c3cc(C)c(C)cc32)S1. The van der Waals surface area contributed by atoms with E-state index < -0.39 is 17.5 Å². The maximum absolute atomic E-state index is 13.4. The van der Waals surface area contributed by atoms with Crippen molar-refractivity contribution >= 4 is 69.7 Å². The van der Waals surface area contributed by atoms with Crippen molar-refractivity contribution in [1.29, 1.82) is 0 Å². The number of hydrogen-bond acceptors (Lipinski definition) is 8. The zero-order valence-corrected chi connectivity index (χ0v) is 23.1. The lowest BCUT2D eigenvalue weighted by atomic mass is 9.81. The molecule has 0 fully saturated rings. The molecule has 0 aliphatic carbocycles. The van der Waals surface area contributed by atoms with E-state index in [4.69, 9.17) is 21.7 Å². The van der Waals surface area contributed by atoms with E-state index in [1.165, 1.54) is 14.2 Å². The predicted octanol–water partition coefficient (Wildman–Crippen LogP) is 5.55. The number of methoxy groups -OCH3 is 2.